The summed E-state index contributed by atoms with van der Waals surface area (Å²) in [6, 6.07) is 13.6. The van der Waals surface area contributed by atoms with Crippen molar-refractivity contribution >= 4 is 28.5 Å². The lowest BCUT2D eigenvalue weighted by molar-refractivity contribution is -0.139. The van der Waals surface area contributed by atoms with Gasteiger partial charge >= 0.3 is 0 Å². The zero-order chi connectivity index (χ0) is 24.0. The molecule has 3 rings (SSSR count). The van der Waals surface area contributed by atoms with Crippen LogP contribution in [0.3, 0.4) is 0 Å². The van der Waals surface area contributed by atoms with Crippen LogP contribution in [0.2, 0.25) is 0 Å². The average Bonchev–Trinajstić information content (AvgIpc) is 2.76. The number of piperazine rings is 1. The number of nitrogens with zero attached hydrogens (tertiary/aromatic N) is 2. The van der Waals surface area contributed by atoms with Crippen molar-refractivity contribution in [2.75, 3.05) is 32.7 Å². The highest BCUT2D eigenvalue weighted by Gasteiger charge is 2.31. The second-order valence-electron chi connectivity index (χ2n) is 9.47. The van der Waals surface area contributed by atoms with Crippen molar-refractivity contribution < 1.29 is 14.4 Å². The topological polar surface area (TPSA) is 81.8 Å². The van der Waals surface area contributed by atoms with Gasteiger partial charge in [-0.2, -0.15) is 0 Å². The minimum Gasteiger partial charge on any atom is -0.353 e. The van der Waals surface area contributed by atoms with E-state index < -0.39 is 6.04 Å². The van der Waals surface area contributed by atoms with Gasteiger partial charge in [-0.3, -0.25) is 19.3 Å². The molecule has 1 aliphatic rings. The first kappa shape index (κ1) is 24.7. The summed E-state index contributed by atoms with van der Waals surface area (Å²) in [6.45, 7) is 10.5. The Morgan fingerprint density at radius 1 is 0.848 bits per heavy atom. The molecule has 7 heteroatoms. The predicted molar refractivity (Wildman–Crippen MR) is 131 cm³/mol. The molecule has 1 aliphatic heterocycles. The molecular weight excluding hydrogens is 416 g/mol. The Balaban J connectivity index is 1.54. The van der Waals surface area contributed by atoms with E-state index in [9.17, 15) is 14.4 Å². The van der Waals surface area contributed by atoms with Crippen molar-refractivity contribution in [3.63, 3.8) is 0 Å². The first-order chi connectivity index (χ1) is 15.7. The van der Waals surface area contributed by atoms with Gasteiger partial charge in [0.15, 0.2) is 0 Å². The lowest BCUT2D eigenvalue weighted by Crippen LogP contribution is -2.57. The van der Waals surface area contributed by atoms with E-state index in [0.29, 0.717) is 32.7 Å². The van der Waals surface area contributed by atoms with Crippen molar-refractivity contribution in [3.8, 4) is 0 Å². The molecule has 1 unspecified atom stereocenters. The van der Waals surface area contributed by atoms with Crippen LogP contribution in [0.25, 0.3) is 10.8 Å². The smallest absolute Gasteiger partial charge is 0.245 e. The largest absolute Gasteiger partial charge is 0.353 e. The van der Waals surface area contributed by atoms with Crippen LogP contribution in [-0.4, -0.2) is 72.3 Å². The standard InChI is InChI=1S/C26H36N4O3/c1-18(2)25(26(33)30-13-11-29(12-14-30)17-24(32)27-19(3)4)28-23(31)16-20-9-10-21-7-5-6-8-22(21)15-20/h5-10,15,18-19,25H,11-14,16-17H2,1-4H3,(H,27,32)(H,28,31). The summed E-state index contributed by atoms with van der Waals surface area (Å²) >= 11 is 0. The summed E-state index contributed by atoms with van der Waals surface area (Å²) in [5.41, 5.74) is 0.925. The van der Waals surface area contributed by atoms with Crippen LogP contribution < -0.4 is 10.6 Å². The van der Waals surface area contributed by atoms with Gasteiger partial charge in [0.25, 0.3) is 0 Å². The van der Waals surface area contributed by atoms with Gasteiger partial charge in [0.1, 0.15) is 6.04 Å². The third kappa shape index (κ3) is 7.02. The lowest BCUT2D eigenvalue weighted by Gasteiger charge is -2.37. The molecule has 7 nitrogen and oxygen atoms in total. The molecule has 33 heavy (non-hydrogen) atoms. The molecule has 2 aromatic carbocycles. The van der Waals surface area contributed by atoms with Gasteiger partial charge in [-0.05, 0) is 36.1 Å². The minimum atomic E-state index is -0.561. The van der Waals surface area contributed by atoms with Crippen LogP contribution >= 0.6 is 0 Å². The van der Waals surface area contributed by atoms with E-state index in [-0.39, 0.29) is 36.1 Å². The van der Waals surface area contributed by atoms with Crippen molar-refractivity contribution in [2.24, 2.45) is 5.92 Å². The van der Waals surface area contributed by atoms with Crippen LogP contribution in [0.15, 0.2) is 42.5 Å². The maximum Gasteiger partial charge on any atom is 0.245 e. The number of benzene rings is 2. The Morgan fingerprint density at radius 2 is 1.52 bits per heavy atom. The molecule has 0 radical (unpaired) electrons. The molecule has 1 atom stereocenters. The molecule has 0 saturated carbocycles. The van der Waals surface area contributed by atoms with Gasteiger partial charge in [0, 0.05) is 32.2 Å². The summed E-state index contributed by atoms with van der Waals surface area (Å²) in [6.07, 6.45) is 0.236. The van der Waals surface area contributed by atoms with E-state index in [4.69, 9.17) is 0 Å². The molecule has 2 aromatic rings. The van der Waals surface area contributed by atoms with E-state index in [0.717, 1.165) is 16.3 Å². The van der Waals surface area contributed by atoms with E-state index >= 15 is 0 Å². The number of hydrogen-bond acceptors (Lipinski definition) is 4. The number of rotatable bonds is 8. The molecule has 0 aliphatic carbocycles. The van der Waals surface area contributed by atoms with Crippen LogP contribution in [0, 0.1) is 5.92 Å². The van der Waals surface area contributed by atoms with Gasteiger partial charge in [-0.15, -0.1) is 0 Å². The molecular formula is C26H36N4O3. The average molecular weight is 453 g/mol. The minimum absolute atomic E-state index is 0.00536. The maximum absolute atomic E-state index is 13.2. The SMILES string of the molecule is CC(C)NC(=O)CN1CCN(C(=O)C(NC(=O)Cc2ccc3ccccc3c2)C(C)C)CC1. The van der Waals surface area contributed by atoms with Crippen LogP contribution in [0.5, 0.6) is 0 Å². The maximum atomic E-state index is 13.2. The Bertz CT molecular complexity index is 980. The molecule has 0 spiro atoms. The molecule has 0 bridgehead atoms. The number of carbonyl (C=O) groups is 3. The summed E-state index contributed by atoms with van der Waals surface area (Å²) in [7, 11) is 0. The fourth-order valence-corrected chi connectivity index (χ4v) is 4.17. The summed E-state index contributed by atoms with van der Waals surface area (Å²) in [5, 5.41) is 8.10. The number of amides is 3. The first-order valence-electron chi connectivity index (χ1n) is 11.8. The van der Waals surface area contributed by atoms with Gasteiger partial charge in [0.2, 0.25) is 17.7 Å². The number of nitrogens with one attached hydrogen (secondary N) is 2. The van der Waals surface area contributed by atoms with Crippen LogP contribution in [0.1, 0.15) is 33.3 Å². The van der Waals surface area contributed by atoms with Crippen molar-refractivity contribution in [2.45, 2.75) is 46.2 Å². The zero-order valence-electron chi connectivity index (χ0n) is 20.1. The third-order valence-electron chi connectivity index (χ3n) is 5.93. The normalized spacial score (nSPS) is 15.6. The van der Waals surface area contributed by atoms with Crippen molar-refractivity contribution in [3.05, 3.63) is 48.0 Å². The number of carbonyl (C=O) groups excluding carboxylic acids is 3. The Kier molecular flexibility index (Phi) is 8.44. The first-order valence-corrected chi connectivity index (χ1v) is 11.8. The Morgan fingerprint density at radius 3 is 2.15 bits per heavy atom. The molecule has 2 N–H and O–H groups in total. The van der Waals surface area contributed by atoms with E-state index in [1.54, 1.807) is 4.90 Å². The molecule has 178 valence electrons. The number of fused-ring (bicyclic) bond motifs is 1. The second-order valence-corrected chi connectivity index (χ2v) is 9.47. The van der Waals surface area contributed by atoms with Gasteiger partial charge < -0.3 is 15.5 Å². The van der Waals surface area contributed by atoms with Gasteiger partial charge in [-0.1, -0.05) is 56.3 Å². The lowest BCUT2D eigenvalue weighted by atomic mass is 10.0. The Hall–Kier alpha value is -2.93. The second kappa shape index (κ2) is 11.3. The third-order valence-corrected chi connectivity index (χ3v) is 5.93. The summed E-state index contributed by atoms with van der Waals surface area (Å²) < 4.78 is 0. The highest BCUT2D eigenvalue weighted by molar-refractivity contribution is 5.90. The molecule has 1 fully saturated rings. The quantitative estimate of drug-likeness (QED) is 0.643. The fourth-order valence-electron chi connectivity index (χ4n) is 4.17. The molecule has 1 heterocycles. The Labute approximate surface area is 196 Å². The van der Waals surface area contributed by atoms with Crippen molar-refractivity contribution in [1.82, 2.24) is 20.4 Å². The van der Waals surface area contributed by atoms with E-state index in [1.807, 2.05) is 70.2 Å². The van der Waals surface area contributed by atoms with Crippen molar-refractivity contribution in [1.29, 1.82) is 0 Å². The predicted octanol–water partition coefficient (Wildman–Crippen LogP) is 2.19. The summed E-state index contributed by atoms with van der Waals surface area (Å²) in [5.74, 6) is -0.219. The summed E-state index contributed by atoms with van der Waals surface area (Å²) in [4.78, 5) is 41.8. The highest BCUT2D eigenvalue weighted by atomic mass is 16.2. The zero-order valence-corrected chi connectivity index (χ0v) is 20.1. The monoisotopic (exact) mass is 452 g/mol. The van der Waals surface area contributed by atoms with Gasteiger partial charge in [0.05, 0.1) is 13.0 Å². The van der Waals surface area contributed by atoms with Crippen LogP contribution in [0.4, 0.5) is 0 Å². The molecule has 3 amide bonds. The highest BCUT2D eigenvalue weighted by Crippen LogP contribution is 2.16. The molecule has 0 aromatic heterocycles. The van der Waals surface area contributed by atoms with Gasteiger partial charge in [-0.25, -0.2) is 0 Å². The fraction of sp³-hybridized carbons (Fsp3) is 0.500. The molecule has 1 saturated heterocycles. The number of hydrogen-bond donors (Lipinski definition) is 2. The van der Waals surface area contributed by atoms with E-state index in [2.05, 4.69) is 15.5 Å². The van der Waals surface area contributed by atoms with Crippen LogP contribution in [-0.2, 0) is 20.8 Å². The van der Waals surface area contributed by atoms with E-state index in [1.165, 1.54) is 0 Å².